The third kappa shape index (κ3) is 5.96. The Balaban J connectivity index is 1.80. The first-order valence-corrected chi connectivity index (χ1v) is 12.3. The molecule has 1 saturated heterocycles. The SMILES string of the molecule is CC(C)(C)c1ccc(C=CC(=O)N(Cc2cccc(Cl)c2)C2CCS(=O)(=O)C2)cc1. The number of nitrogens with zero attached hydrogens (tertiary/aromatic N) is 1. The van der Waals surface area contributed by atoms with Crippen LogP contribution in [0, 0.1) is 0 Å². The highest BCUT2D eigenvalue weighted by Gasteiger charge is 2.34. The van der Waals surface area contributed by atoms with Crippen LogP contribution in [0.2, 0.25) is 5.02 Å². The van der Waals surface area contributed by atoms with Gasteiger partial charge in [0, 0.05) is 23.7 Å². The summed E-state index contributed by atoms with van der Waals surface area (Å²) in [7, 11) is -3.10. The van der Waals surface area contributed by atoms with Gasteiger partial charge in [-0.15, -0.1) is 0 Å². The van der Waals surface area contributed by atoms with Crippen LogP contribution in [-0.2, 0) is 26.6 Å². The second-order valence-electron chi connectivity index (χ2n) is 8.86. The van der Waals surface area contributed by atoms with Gasteiger partial charge in [-0.2, -0.15) is 0 Å². The molecule has 30 heavy (non-hydrogen) atoms. The van der Waals surface area contributed by atoms with Crippen molar-refractivity contribution < 1.29 is 13.2 Å². The molecular formula is C24H28ClNO3S. The minimum absolute atomic E-state index is 0.00737. The normalized spacial score (nSPS) is 18.6. The first kappa shape index (κ1) is 22.6. The molecule has 0 radical (unpaired) electrons. The van der Waals surface area contributed by atoms with E-state index in [0.717, 1.165) is 11.1 Å². The van der Waals surface area contributed by atoms with E-state index in [2.05, 4.69) is 32.9 Å². The average Bonchev–Trinajstić information content (AvgIpc) is 3.03. The Bertz CT molecular complexity index is 1040. The fourth-order valence-corrected chi connectivity index (χ4v) is 5.54. The van der Waals surface area contributed by atoms with Crippen molar-refractivity contribution in [2.75, 3.05) is 11.5 Å². The molecule has 2 aromatic rings. The van der Waals surface area contributed by atoms with Crippen LogP contribution in [0.25, 0.3) is 6.08 Å². The van der Waals surface area contributed by atoms with E-state index in [1.807, 2.05) is 24.3 Å². The summed E-state index contributed by atoms with van der Waals surface area (Å²) in [4.78, 5) is 14.7. The summed E-state index contributed by atoms with van der Waals surface area (Å²) in [6, 6.07) is 15.1. The molecule has 1 heterocycles. The predicted octanol–water partition coefficient (Wildman–Crippen LogP) is 4.87. The molecule has 6 heteroatoms. The van der Waals surface area contributed by atoms with E-state index in [9.17, 15) is 13.2 Å². The molecule has 0 N–H and O–H groups in total. The van der Waals surface area contributed by atoms with Crippen molar-refractivity contribution >= 4 is 33.4 Å². The maximum Gasteiger partial charge on any atom is 0.247 e. The van der Waals surface area contributed by atoms with Gasteiger partial charge in [-0.3, -0.25) is 4.79 Å². The largest absolute Gasteiger partial charge is 0.331 e. The van der Waals surface area contributed by atoms with Crippen LogP contribution < -0.4 is 0 Å². The van der Waals surface area contributed by atoms with Crippen LogP contribution in [0.3, 0.4) is 0 Å². The van der Waals surface area contributed by atoms with Gasteiger partial charge in [0.1, 0.15) is 0 Å². The van der Waals surface area contributed by atoms with Gasteiger partial charge in [-0.05, 0) is 46.7 Å². The molecule has 0 aliphatic carbocycles. The van der Waals surface area contributed by atoms with E-state index < -0.39 is 9.84 Å². The molecule has 2 aromatic carbocycles. The fourth-order valence-electron chi connectivity index (χ4n) is 3.60. The molecule has 1 atom stereocenters. The van der Waals surface area contributed by atoms with Gasteiger partial charge < -0.3 is 4.90 Å². The van der Waals surface area contributed by atoms with Gasteiger partial charge in [-0.25, -0.2) is 8.42 Å². The van der Waals surface area contributed by atoms with E-state index in [-0.39, 0.29) is 28.9 Å². The Kier molecular flexibility index (Phi) is 6.73. The maximum atomic E-state index is 13.0. The first-order chi connectivity index (χ1) is 14.0. The van der Waals surface area contributed by atoms with E-state index in [0.29, 0.717) is 18.0 Å². The molecule has 1 fully saturated rings. The van der Waals surface area contributed by atoms with Crippen molar-refractivity contribution in [1.29, 1.82) is 0 Å². The van der Waals surface area contributed by atoms with E-state index >= 15 is 0 Å². The van der Waals surface area contributed by atoms with Crippen molar-refractivity contribution in [3.8, 4) is 0 Å². The molecule has 1 amide bonds. The number of amides is 1. The van der Waals surface area contributed by atoms with Gasteiger partial charge in [-0.1, -0.05) is 68.8 Å². The molecule has 160 valence electrons. The quantitative estimate of drug-likeness (QED) is 0.617. The Morgan fingerprint density at radius 2 is 1.87 bits per heavy atom. The van der Waals surface area contributed by atoms with E-state index in [1.165, 1.54) is 11.6 Å². The third-order valence-corrected chi connectivity index (χ3v) is 7.35. The minimum atomic E-state index is -3.10. The number of carbonyl (C=O) groups excluding carboxylic acids is 1. The van der Waals surface area contributed by atoms with Crippen LogP contribution >= 0.6 is 11.6 Å². The highest BCUT2D eigenvalue weighted by molar-refractivity contribution is 7.91. The molecule has 0 spiro atoms. The average molecular weight is 446 g/mol. The molecule has 1 aliphatic heterocycles. The lowest BCUT2D eigenvalue weighted by Crippen LogP contribution is -2.39. The molecule has 0 saturated carbocycles. The smallest absolute Gasteiger partial charge is 0.247 e. The Labute approximate surface area is 184 Å². The number of halogens is 1. The molecular weight excluding hydrogens is 418 g/mol. The zero-order valence-corrected chi connectivity index (χ0v) is 19.2. The molecule has 4 nitrogen and oxygen atoms in total. The van der Waals surface area contributed by atoms with Crippen LogP contribution in [0.15, 0.2) is 54.6 Å². The van der Waals surface area contributed by atoms with Crippen LogP contribution in [-0.4, -0.2) is 36.8 Å². The first-order valence-electron chi connectivity index (χ1n) is 10.1. The van der Waals surface area contributed by atoms with Crippen molar-refractivity contribution in [3.63, 3.8) is 0 Å². The Hall–Kier alpha value is -2.11. The molecule has 0 bridgehead atoms. The highest BCUT2D eigenvalue weighted by Crippen LogP contribution is 2.24. The van der Waals surface area contributed by atoms with Crippen molar-refractivity contribution in [2.45, 2.75) is 45.2 Å². The summed E-state index contributed by atoms with van der Waals surface area (Å²) >= 11 is 6.09. The van der Waals surface area contributed by atoms with E-state index in [4.69, 9.17) is 11.6 Å². The van der Waals surface area contributed by atoms with Crippen LogP contribution in [0.1, 0.15) is 43.9 Å². The zero-order valence-electron chi connectivity index (χ0n) is 17.6. The Morgan fingerprint density at radius 3 is 2.43 bits per heavy atom. The van der Waals surface area contributed by atoms with Gasteiger partial charge in [0.2, 0.25) is 5.91 Å². The fraction of sp³-hybridized carbons (Fsp3) is 0.375. The topological polar surface area (TPSA) is 54.5 Å². The summed E-state index contributed by atoms with van der Waals surface area (Å²) in [5.74, 6) is -0.0699. The molecule has 0 aromatic heterocycles. The van der Waals surface area contributed by atoms with Crippen molar-refractivity contribution in [1.82, 2.24) is 4.90 Å². The lowest BCUT2D eigenvalue weighted by molar-refractivity contribution is -0.128. The number of rotatable bonds is 5. The lowest BCUT2D eigenvalue weighted by atomic mass is 9.87. The second kappa shape index (κ2) is 8.94. The highest BCUT2D eigenvalue weighted by atomic mass is 35.5. The summed E-state index contributed by atoms with van der Waals surface area (Å²) in [6.07, 6.45) is 3.77. The van der Waals surface area contributed by atoms with Crippen molar-refractivity contribution in [2.24, 2.45) is 0 Å². The maximum absolute atomic E-state index is 13.0. The van der Waals surface area contributed by atoms with Crippen molar-refractivity contribution in [3.05, 3.63) is 76.3 Å². The minimum Gasteiger partial charge on any atom is -0.331 e. The molecule has 3 rings (SSSR count). The van der Waals surface area contributed by atoms with Gasteiger partial charge in [0.15, 0.2) is 9.84 Å². The summed E-state index contributed by atoms with van der Waals surface area (Å²) < 4.78 is 24.0. The monoisotopic (exact) mass is 445 g/mol. The lowest BCUT2D eigenvalue weighted by Gasteiger charge is -2.27. The van der Waals surface area contributed by atoms with Gasteiger partial charge >= 0.3 is 0 Å². The second-order valence-corrected chi connectivity index (χ2v) is 11.5. The number of carbonyl (C=O) groups is 1. The van der Waals surface area contributed by atoms with Gasteiger partial charge in [0.05, 0.1) is 11.5 Å². The summed E-state index contributed by atoms with van der Waals surface area (Å²) in [5, 5.41) is 0.591. The number of hydrogen-bond donors (Lipinski definition) is 0. The Morgan fingerprint density at radius 1 is 1.17 bits per heavy atom. The molecule has 1 unspecified atom stereocenters. The van der Waals surface area contributed by atoms with Gasteiger partial charge in [0.25, 0.3) is 0 Å². The van der Waals surface area contributed by atoms with Crippen LogP contribution in [0.5, 0.6) is 0 Å². The number of sulfone groups is 1. The van der Waals surface area contributed by atoms with E-state index in [1.54, 1.807) is 23.1 Å². The predicted molar refractivity (Wildman–Crippen MR) is 123 cm³/mol. The number of benzene rings is 2. The van der Waals surface area contributed by atoms with Crippen LogP contribution in [0.4, 0.5) is 0 Å². The molecule has 1 aliphatic rings. The standard InChI is InChI=1S/C24H28ClNO3S/c1-24(2,3)20-10-7-18(8-11-20)9-12-23(27)26(22-13-14-30(28,29)17-22)16-19-5-4-6-21(25)15-19/h4-12,15,22H,13-14,16-17H2,1-3H3. The summed E-state index contributed by atoms with van der Waals surface area (Å²) in [5.41, 5.74) is 3.10. The third-order valence-electron chi connectivity index (χ3n) is 5.37. The number of hydrogen-bond acceptors (Lipinski definition) is 3. The zero-order chi connectivity index (χ0) is 21.9. The summed E-state index contributed by atoms with van der Waals surface area (Å²) in [6.45, 7) is 6.80.